The van der Waals surface area contributed by atoms with E-state index in [1.807, 2.05) is 22.6 Å². The van der Waals surface area contributed by atoms with E-state index in [0.29, 0.717) is 27.7 Å². The van der Waals surface area contributed by atoms with Gasteiger partial charge in [0.05, 0.1) is 33.2 Å². The number of hydrogen-bond donors (Lipinski definition) is 1. The Morgan fingerprint density at radius 3 is 2.45 bits per heavy atom. The topological polar surface area (TPSA) is 106 Å². The first kappa shape index (κ1) is 26.3. The molecule has 0 amide bonds. The molecule has 2 heterocycles. The average molecular weight is 653 g/mol. The van der Waals surface area contributed by atoms with Crippen LogP contribution in [-0.4, -0.2) is 35.1 Å². The summed E-state index contributed by atoms with van der Waals surface area (Å²) >= 11 is 1.93. The van der Waals surface area contributed by atoms with Crippen molar-refractivity contribution in [2.45, 2.75) is 18.1 Å². The molecule has 0 radical (unpaired) electrons. The second-order valence-electron chi connectivity index (χ2n) is 9.07. The van der Waals surface area contributed by atoms with E-state index in [0.717, 1.165) is 9.25 Å². The molecule has 0 aliphatic heterocycles. The van der Waals surface area contributed by atoms with Crippen LogP contribution < -0.4 is 20.7 Å². The molecule has 0 atom stereocenters. The minimum atomic E-state index is -3.54. The Morgan fingerprint density at radius 2 is 1.79 bits per heavy atom. The van der Waals surface area contributed by atoms with Crippen molar-refractivity contribution in [3.05, 3.63) is 78.4 Å². The largest absolute Gasteiger partial charge is 0.350 e. The van der Waals surface area contributed by atoms with Crippen molar-refractivity contribution in [3.8, 4) is 11.3 Å². The van der Waals surface area contributed by atoms with Crippen LogP contribution in [0.1, 0.15) is 12.8 Å². The maximum Gasteiger partial charge on any atom is 0.289 e. The molecule has 0 saturated heterocycles. The summed E-state index contributed by atoms with van der Waals surface area (Å²) in [4.78, 5) is 26.2. The molecule has 4 aromatic rings. The van der Waals surface area contributed by atoms with Gasteiger partial charge in [-0.3, -0.25) is 13.9 Å². The van der Waals surface area contributed by atoms with E-state index in [4.69, 9.17) is 0 Å². The lowest BCUT2D eigenvalue weighted by molar-refractivity contribution is 0.593. The minimum Gasteiger partial charge on any atom is -0.350 e. The fourth-order valence-electron chi connectivity index (χ4n) is 4.26. The molecule has 0 spiro atoms. The highest BCUT2D eigenvalue weighted by atomic mass is 127. The average Bonchev–Trinajstić information content (AvgIpc) is 3.74. The van der Waals surface area contributed by atoms with Crippen molar-refractivity contribution >= 4 is 60.6 Å². The van der Waals surface area contributed by atoms with Gasteiger partial charge in [-0.05, 0) is 65.8 Å². The summed E-state index contributed by atoms with van der Waals surface area (Å²) in [5.74, 6) is -1.94. The van der Waals surface area contributed by atoms with Gasteiger partial charge in [-0.15, -0.1) is 0 Å². The Hall–Kier alpha value is -3.33. The monoisotopic (exact) mass is 653 g/mol. The van der Waals surface area contributed by atoms with Crippen LogP contribution in [0.2, 0.25) is 0 Å². The van der Waals surface area contributed by atoms with Gasteiger partial charge in [0.15, 0.2) is 0 Å². The number of halogens is 3. The molecule has 1 fully saturated rings. The highest BCUT2D eigenvalue weighted by Gasteiger charge is 2.39. The summed E-state index contributed by atoms with van der Waals surface area (Å²) in [5.41, 5.74) is -1.43. The van der Waals surface area contributed by atoms with Crippen LogP contribution in [0.4, 0.5) is 25.8 Å². The molecule has 38 heavy (non-hydrogen) atoms. The van der Waals surface area contributed by atoms with Crippen molar-refractivity contribution in [1.82, 2.24) is 14.3 Å². The van der Waals surface area contributed by atoms with Gasteiger partial charge in [-0.1, -0.05) is 12.1 Å². The summed E-state index contributed by atoms with van der Waals surface area (Å²) in [5, 5.41) is 6.31. The molecule has 0 bridgehead atoms. The Bertz CT molecular complexity index is 1850. The molecule has 13 heteroatoms. The molecule has 1 aliphatic carbocycles. The van der Waals surface area contributed by atoms with Crippen LogP contribution in [0.25, 0.3) is 22.2 Å². The van der Waals surface area contributed by atoms with E-state index < -0.39 is 43.7 Å². The highest BCUT2D eigenvalue weighted by Crippen LogP contribution is 2.35. The number of sulfonamides is 1. The number of rotatable bonds is 6. The second kappa shape index (κ2) is 9.45. The smallest absolute Gasteiger partial charge is 0.289 e. The second-order valence-corrected chi connectivity index (χ2v) is 12.6. The molecule has 1 saturated carbocycles. The van der Waals surface area contributed by atoms with Crippen molar-refractivity contribution < 1.29 is 17.2 Å². The zero-order chi connectivity index (χ0) is 27.5. The summed E-state index contributed by atoms with van der Waals surface area (Å²) in [6, 6.07) is 10.7. The quantitative estimate of drug-likeness (QED) is 0.317. The van der Waals surface area contributed by atoms with E-state index >= 15 is 4.39 Å². The first-order chi connectivity index (χ1) is 17.9. The number of hydrogen-bond acceptors (Lipinski definition) is 6. The van der Waals surface area contributed by atoms with Gasteiger partial charge < -0.3 is 9.88 Å². The molecular weight excluding hydrogens is 631 g/mol. The Balaban J connectivity index is 1.76. The molecule has 5 rings (SSSR count). The molecule has 2 aromatic heterocycles. The van der Waals surface area contributed by atoms with Gasteiger partial charge in [-0.2, -0.15) is 9.49 Å². The van der Waals surface area contributed by atoms with Crippen LogP contribution in [0, 0.1) is 15.2 Å². The number of fused-ring (bicyclic) bond motifs is 1. The van der Waals surface area contributed by atoms with Crippen molar-refractivity contribution in [2.24, 2.45) is 14.1 Å². The SMILES string of the molecule is CN(c1cccc(-c2nn(C)c(=O)c3c(Nc4ccc(I)cc4F)c(F)c(=O)n(C)c23)c1)S(=O)(=O)C1CC1. The summed E-state index contributed by atoms with van der Waals surface area (Å²) in [6.45, 7) is 0. The maximum absolute atomic E-state index is 15.4. The number of nitrogens with zero attached hydrogens (tertiary/aromatic N) is 4. The van der Waals surface area contributed by atoms with Gasteiger partial charge >= 0.3 is 0 Å². The van der Waals surface area contributed by atoms with Gasteiger partial charge in [0, 0.05) is 30.3 Å². The lowest BCUT2D eigenvalue weighted by Crippen LogP contribution is -2.30. The van der Waals surface area contributed by atoms with Crippen LogP contribution in [-0.2, 0) is 24.1 Å². The van der Waals surface area contributed by atoms with Gasteiger partial charge in [-0.25, -0.2) is 17.5 Å². The van der Waals surface area contributed by atoms with E-state index in [2.05, 4.69) is 10.4 Å². The fraction of sp³-hybridized carbons (Fsp3) is 0.240. The zero-order valence-electron chi connectivity index (χ0n) is 20.5. The van der Waals surface area contributed by atoms with Crippen molar-refractivity contribution in [1.29, 1.82) is 0 Å². The highest BCUT2D eigenvalue weighted by molar-refractivity contribution is 14.1. The van der Waals surface area contributed by atoms with E-state index in [1.165, 1.54) is 37.6 Å². The standard InChI is InChI=1S/C25H22F2IN5O4S/c1-31-23-19(22(20(27)25(31)35)29-18-10-7-14(28)12-17(18)26)24(34)32(2)30-21(23)13-5-4-6-15(11-13)33(3)38(36,37)16-8-9-16/h4-7,10-12,16,29H,8-9H2,1-3H3. The van der Waals surface area contributed by atoms with E-state index in [1.54, 1.807) is 30.3 Å². The first-order valence-electron chi connectivity index (χ1n) is 11.5. The summed E-state index contributed by atoms with van der Waals surface area (Å²) in [7, 11) is 0.602. The van der Waals surface area contributed by atoms with Gasteiger partial charge in [0.1, 0.15) is 11.5 Å². The summed E-state index contributed by atoms with van der Waals surface area (Å²) in [6.07, 6.45) is 1.20. The van der Waals surface area contributed by atoms with Crippen LogP contribution >= 0.6 is 22.6 Å². The van der Waals surface area contributed by atoms with Crippen molar-refractivity contribution in [3.63, 3.8) is 0 Å². The lowest BCUT2D eigenvalue weighted by atomic mass is 10.1. The van der Waals surface area contributed by atoms with Crippen LogP contribution in [0.3, 0.4) is 0 Å². The molecule has 1 N–H and O–H groups in total. The number of pyridine rings is 1. The molecule has 2 aromatic carbocycles. The number of benzene rings is 2. The van der Waals surface area contributed by atoms with Crippen LogP contribution in [0.15, 0.2) is 52.1 Å². The Morgan fingerprint density at radius 1 is 1.08 bits per heavy atom. The lowest BCUT2D eigenvalue weighted by Gasteiger charge is -2.20. The number of aromatic nitrogens is 3. The van der Waals surface area contributed by atoms with Crippen molar-refractivity contribution in [2.75, 3.05) is 16.7 Å². The predicted molar refractivity (Wildman–Crippen MR) is 150 cm³/mol. The third-order valence-electron chi connectivity index (χ3n) is 6.52. The summed E-state index contributed by atoms with van der Waals surface area (Å²) < 4.78 is 59.3. The maximum atomic E-state index is 15.4. The Labute approximate surface area is 229 Å². The number of aryl methyl sites for hydroxylation is 2. The predicted octanol–water partition coefficient (Wildman–Crippen LogP) is 3.85. The minimum absolute atomic E-state index is 0.0118. The molecule has 1 aliphatic rings. The van der Waals surface area contributed by atoms with E-state index in [9.17, 15) is 22.4 Å². The number of nitrogens with one attached hydrogen (secondary N) is 1. The molecule has 198 valence electrons. The number of anilines is 3. The van der Waals surface area contributed by atoms with Gasteiger partial charge in [0.2, 0.25) is 15.8 Å². The zero-order valence-corrected chi connectivity index (χ0v) is 23.5. The van der Waals surface area contributed by atoms with Gasteiger partial charge in [0.25, 0.3) is 11.1 Å². The third kappa shape index (κ3) is 4.36. The van der Waals surface area contributed by atoms with Crippen LogP contribution in [0.5, 0.6) is 0 Å². The molecular formula is C25H22F2IN5O4S. The fourth-order valence-corrected chi connectivity index (χ4v) is 6.30. The Kier molecular flexibility index (Phi) is 6.54. The first-order valence-corrected chi connectivity index (χ1v) is 14.1. The normalized spacial score (nSPS) is 13.6. The molecule has 9 nitrogen and oxygen atoms in total. The molecule has 0 unspecified atom stereocenters. The van der Waals surface area contributed by atoms with E-state index in [-0.39, 0.29) is 22.3 Å². The third-order valence-corrected chi connectivity index (χ3v) is 9.48.